The average molecular weight is 733 g/mol. The second-order valence-electron chi connectivity index (χ2n) is 11.8. The number of carboxylic acid groups (broad SMARTS) is 1. The maximum atomic E-state index is 13.7. The van der Waals surface area contributed by atoms with Gasteiger partial charge in [-0.25, -0.2) is 0 Å². The average Bonchev–Trinajstić information content (AvgIpc) is 3.73. The van der Waals surface area contributed by atoms with Gasteiger partial charge >= 0.3 is 10.8 Å². The number of nitrogens with one attached hydrogen (secondary N) is 2. The van der Waals surface area contributed by atoms with Crippen LogP contribution >= 0.6 is 50.6 Å². The summed E-state index contributed by atoms with van der Waals surface area (Å²) in [6.07, 6.45) is 0.829. The number of hydrogen-bond donors (Lipinski definition) is 3. The zero-order valence-electron chi connectivity index (χ0n) is 23.5. The molecule has 0 spiro atoms. The fourth-order valence-electron chi connectivity index (χ4n) is 7.80. The summed E-state index contributed by atoms with van der Waals surface area (Å²) in [7, 11) is 0. The van der Waals surface area contributed by atoms with Crippen molar-refractivity contribution in [2.45, 2.75) is 35.5 Å². The third-order valence-corrected chi connectivity index (χ3v) is 12.7. The molecule has 0 radical (unpaired) electrons. The number of thiazole rings is 1. The summed E-state index contributed by atoms with van der Waals surface area (Å²) < 4.78 is 6.93. The van der Waals surface area contributed by atoms with Crippen molar-refractivity contribution in [2.75, 3.05) is 18.5 Å². The number of rotatable bonds is 9. The predicted molar refractivity (Wildman–Crippen MR) is 172 cm³/mol. The minimum absolute atomic E-state index is 0.0187. The lowest BCUT2D eigenvalue weighted by Crippen LogP contribution is -2.42. The fourth-order valence-corrected chi connectivity index (χ4v) is 11.2. The van der Waals surface area contributed by atoms with E-state index in [1.807, 2.05) is 12.1 Å². The van der Waals surface area contributed by atoms with Crippen molar-refractivity contribution in [2.24, 2.45) is 29.6 Å². The second-order valence-corrected chi connectivity index (χ2v) is 15.4. The molecule has 7 rings (SSSR count). The van der Waals surface area contributed by atoms with E-state index in [4.69, 9.17) is 21.4 Å². The molecule has 14 heteroatoms. The van der Waals surface area contributed by atoms with Crippen molar-refractivity contribution in [3.05, 3.63) is 72.1 Å². The number of thioether (sulfide) groups is 1. The molecule has 3 fully saturated rings. The van der Waals surface area contributed by atoms with Gasteiger partial charge < -0.3 is 20.1 Å². The molecule has 1 saturated heterocycles. The topological polar surface area (TPSA) is 146 Å². The molecule has 2 saturated carbocycles. The van der Waals surface area contributed by atoms with Crippen molar-refractivity contribution in [1.82, 2.24) is 9.88 Å². The van der Waals surface area contributed by atoms with Crippen molar-refractivity contribution in [3.63, 3.8) is 0 Å². The van der Waals surface area contributed by atoms with Gasteiger partial charge in [-0.2, -0.15) is 0 Å². The number of carbonyl (C=O) groups is 4. The molecule has 10 nitrogen and oxygen atoms in total. The highest BCUT2D eigenvalue weighted by Crippen LogP contribution is 2.69. The first-order valence-electron chi connectivity index (χ1n) is 14.5. The zero-order chi connectivity index (χ0) is 31.6. The molecular weight excluding hydrogens is 706 g/mol. The number of carbonyl (C=O) groups excluding carboxylic acids is 3. The van der Waals surface area contributed by atoms with E-state index in [0.29, 0.717) is 16.5 Å². The Balaban J connectivity index is 1.20. The summed E-state index contributed by atoms with van der Waals surface area (Å²) in [5.41, 5.74) is 1.39. The van der Waals surface area contributed by atoms with Gasteiger partial charge in [0.25, 0.3) is 5.91 Å². The Morgan fingerprint density at radius 3 is 2.56 bits per heavy atom. The Morgan fingerprint density at radius 1 is 1.09 bits per heavy atom. The lowest BCUT2D eigenvalue weighted by molar-refractivity contribution is -0.142. The number of aliphatic carboxylic acids is 1. The molecule has 45 heavy (non-hydrogen) atoms. The molecule has 3 aromatic rings. The number of amides is 3. The smallest absolute Gasteiger partial charge is 0.305 e. The van der Waals surface area contributed by atoms with Gasteiger partial charge in [-0.05, 0) is 73.1 Å². The van der Waals surface area contributed by atoms with Crippen LogP contribution in [-0.2, 0) is 19.2 Å². The van der Waals surface area contributed by atoms with Gasteiger partial charge in [0.05, 0.1) is 16.9 Å². The molecule has 7 atom stereocenters. The van der Waals surface area contributed by atoms with E-state index < -0.39 is 17.8 Å². The number of aromatic nitrogens is 1. The first-order chi connectivity index (χ1) is 21.6. The maximum absolute atomic E-state index is 13.7. The van der Waals surface area contributed by atoms with Crippen LogP contribution in [0.5, 0.6) is 5.75 Å². The van der Waals surface area contributed by atoms with Crippen LogP contribution < -0.4 is 14.9 Å². The molecule has 2 aliphatic heterocycles. The van der Waals surface area contributed by atoms with E-state index in [-0.39, 0.29) is 77.5 Å². The number of likely N-dealkylation sites (tertiary alicyclic amines) is 1. The summed E-state index contributed by atoms with van der Waals surface area (Å²) in [4.78, 5) is 68.8. The van der Waals surface area contributed by atoms with E-state index in [0.717, 1.165) is 37.7 Å². The number of imide groups is 1. The lowest BCUT2D eigenvalue weighted by atomic mass is 9.68. The summed E-state index contributed by atoms with van der Waals surface area (Å²) in [6, 6.07) is 12.3. The summed E-state index contributed by atoms with van der Waals surface area (Å²) >= 11 is 12.3. The number of nitrogens with zero attached hydrogens (tertiary/aromatic N) is 1. The number of benzene rings is 2. The summed E-state index contributed by atoms with van der Waals surface area (Å²) in [5.74, 6) is -2.69. The molecule has 4 aliphatic rings. The van der Waals surface area contributed by atoms with E-state index in [9.17, 15) is 24.0 Å². The van der Waals surface area contributed by atoms with E-state index in [2.05, 4.69) is 26.2 Å². The van der Waals surface area contributed by atoms with Crippen LogP contribution in [0.1, 0.15) is 35.6 Å². The van der Waals surface area contributed by atoms with Crippen LogP contribution in [0.25, 0.3) is 0 Å². The Bertz CT molecular complexity index is 1780. The number of anilines is 1. The first kappa shape index (κ1) is 30.5. The largest absolute Gasteiger partial charge is 0.483 e. The third kappa shape index (κ3) is 5.41. The molecule has 3 amide bonds. The van der Waals surface area contributed by atoms with Crippen molar-refractivity contribution < 1.29 is 29.0 Å². The molecule has 6 unspecified atom stereocenters. The highest BCUT2D eigenvalue weighted by molar-refractivity contribution is 9.10. The molecule has 1 aromatic heterocycles. The second kappa shape index (κ2) is 11.9. The molecule has 2 bridgehead atoms. The van der Waals surface area contributed by atoms with Crippen molar-refractivity contribution in [1.29, 1.82) is 0 Å². The molecule has 2 aromatic carbocycles. The monoisotopic (exact) mass is 731 g/mol. The Hall–Kier alpha value is -3.13. The van der Waals surface area contributed by atoms with E-state index in [1.54, 1.807) is 42.1 Å². The van der Waals surface area contributed by atoms with Gasteiger partial charge in [-0.15, -0.1) is 11.8 Å². The zero-order valence-corrected chi connectivity index (χ0v) is 27.5. The van der Waals surface area contributed by atoms with Crippen LogP contribution in [0, 0.1) is 29.6 Å². The van der Waals surface area contributed by atoms with Gasteiger partial charge in [0.2, 0.25) is 11.8 Å². The third-order valence-electron chi connectivity index (χ3n) is 9.38. The number of halogens is 2. The van der Waals surface area contributed by atoms with Crippen LogP contribution in [0.3, 0.4) is 0 Å². The molecule has 3 heterocycles. The molecule has 234 valence electrons. The quantitative estimate of drug-likeness (QED) is 0.255. The fraction of sp³-hybridized carbons (Fsp3) is 0.387. The van der Waals surface area contributed by atoms with Crippen LogP contribution in [-0.4, -0.2) is 57.1 Å². The number of ether oxygens (including phenoxy) is 1. The Labute approximate surface area is 279 Å². The number of aromatic amines is 1. The van der Waals surface area contributed by atoms with Crippen molar-refractivity contribution >= 4 is 80.0 Å². The lowest BCUT2D eigenvalue weighted by Gasteiger charge is -2.43. The standard InChI is InChI=1S/C31H27BrClN3O7S2/c32-13-3-8-19(43-12-20(37)34-15-6-4-14(33)5-7-15)16(10-13)22-23-17-11-18(26(23)44-28-27(22)45-31(42)35-28)25-24(17)29(40)36(30(25)41)9-1-2-21(38)39/h3-8,10,17-18,22-26H,1-2,9,11-12H2,(H,34,37)(H,35,42)(H,38,39)/t17?,18?,22-,23?,24?,25?,26?/m1/s1. The van der Waals surface area contributed by atoms with Crippen molar-refractivity contribution in [3.8, 4) is 5.75 Å². The number of fused-ring (bicyclic) bond motifs is 9. The highest BCUT2D eigenvalue weighted by atomic mass is 79.9. The molecule has 2 aliphatic carbocycles. The maximum Gasteiger partial charge on any atom is 0.305 e. The molecule has 3 N–H and O–H groups in total. The van der Waals surface area contributed by atoms with Gasteiger partial charge in [0.15, 0.2) is 6.61 Å². The minimum Gasteiger partial charge on any atom is -0.483 e. The van der Waals surface area contributed by atoms with Gasteiger partial charge in [-0.1, -0.05) is 38.9 Å². The SMILES string of the molecule is O=C(O)CCCN1C(=O)C2C3CC(C2C1=O)C1C3Sc2[nH]c(=O)sc2[C@@H]1c1cc(Br)ccc1OCC(=O)Nc1ccc(Cl)cc1. The van der Waals surface area contributed by atoms with E-state index in [1.165, 1.54) is 4.90 Å². The number of H-pyrrole nitrogens is 1. The summed E-state index contributed by atoms with van der Waals surface area (Å²) in [5, 5.41) is 13.2. The van der Waals surface area contributed by atoms with Crippen LogP contribution in [0.4, 0.5) is 5.69 Å². The highest BCUT2D eigenvalue weighted by Gasteiger charge is 2.69. The van der Waals surface area contributed by atoms with Gasteiger partial charge in [0.1, 0.15) is 5.75 Å². The Kier molecular flexibility index (Phi) is 8.07. The Morgan fingerprint density at radius 2 is 1.82 bits per heavy atom. The van der Waals surface area contributed by atoms with E-state index >= 15 is 0 Å². The minimum atomic E-state index is -0.964. The predicted octanol–water partition coefficient (Wildman–Crippen LogP) is 5.21. The van der Waals surface area contributed by atoms with Gasteiger partial charge in [-0.3, -0.25) is 28.9 Å². The normalized spacial score (nSPS) is 27.7. The molecular formula is C31H27BrClN3O7S2. The van der Waals surface area contributed by atoms with Gasteiger partial charge in [0, 0.05) is 49.8 Å². The van der Waals surface area contributed by atoms with Crippen LogP contribution in [0.15, 0.2) is 56.8 Å². The summed E-state index contributed by atoms with van der Waals surface area (Å²) in [6.45, 7) is -0.150. The van der Waals surface area contributed by atoms with Crippen LogP contribution in [0.2, 0.25) is 5.02 Å². The number of carboxylic acids is 1. The number of hydrogen-bond acceptors (Lipinski definition) is 8. The first-order valence-corrected chi connectivity index (χ1v) is 17.4.